The molecule has 190 valence electrons. The Morgan fingerprint density at radius 2 is 1.00 bits per heavy atom. The lowest BCUT2D eigenvalue weighted by atomic mass is 10.1. The van der Waals surface area contributed by atoms with E-state index in [2.05, 4.69) is 112 Å². The molecule has 6 aromatic carbocycles. The molecule has 0 atom stereocenters. The van der Waals surface area contributed by atoms with Crippen molar-refractivity contribution in [3.05, 3.63) is 133 Å². The summed E-state index contributed by atoms with van der Waals surface area (Å²) in [5, 5.41) is 17.4. The number of fused-ring (bicyclic) bond motifs is 10. The van der Waals surface area contributed by atoms with Gasteiger partial charge in [-0.25, -0.2) is 0 Å². The minimum absolute atomic E-state index is 0.617. The number of nitriles is 1. The summed E-state index contributed by atoms with van der Waals surface area (Å²) < 4.78 is 10.9. The molecule has 0 saturated heterocycles. The molecule has 0 fully saturated rings. The molecule has 0 N–H and O–H groups in total. The predicted molar refractivity (Wildman–Crippen MR) is 167 cm³/mol. The third-order valence-corrected chi connectivity index (χ3v) is 8.37. The van der Waals surface area contributed by atoms with Crippen LogP contribution < -0.4 is 0 Å². The van der Waals surface area contributed by atoms with E-state index < -0.39 is 0 Å². The van der Waals surface area contributed by atoms with Crippen molar-refractivity contribution in [2.75, 3.05) is 0 Å². The molecule has 0 bridgehead atoms. The van der Waals surface area contributed by atoms with Gasteiger partial charge in [-0.3, -0.25) is 0 Å². The summed E-state index contributed by atoms with van der Waals surface area (Å²) in [6, 6.07) is 46.4. The Bertz CT molecular complexity index is 2500. The monoisotopic (exact) mass is 523 g/mol. The molecule has 0 spiro atoms. The molecule has 9 rings (SSSR count). The van der Waals surface area contributed by atoms with E-state index in [4.69, 9.17) is 4.42 Å². The highest BCUT2D eigenvalue weighted by molar-refractivity contribution is 6.24. The molecule has 0 aliphatic heterocycles. The van der Waals surface area contributed by atoms with Crippen molar-refractivity contribution in [1.82, 2.24) is 9.13 Å². The van der Waals surface area contributed by atoms with Crippen molar-refractivity contribution in [3.63, 3.8) is 0 Å². The third-order valence-electron chi connectivity index (χ3n) is 8.37. The van der Waals surface area contributed by atoms with Gasteiger partial charge in [-0.05, 0) is 48.5 Å². The van der Waals surface area contributed by atoms with Crippen LogP contribution >= 0.6 is 0 Å². The standard InChI is InChI=1S/C37H21N3O/c38-22-28-32(39-29-14-5-1-10-23(29)24-11-2-6-15-30(24)39)17-9-18-33(28)40-31-16-7-3-13-27(31)36-34(40)21-20-26-25-12-4-8-19-35(25)41-37(26)36/h1-21H. The van der Waals surface area contributed by atoms with Crippen LogP contribution in [0.2, 0.25) is 0 Å². The van der Waals surface area contributed by atoms with Gasteiger partial charge >= 0.3 is 0 Å². The third kappa shape index (κ3) is 2.87. The first-order valence-electron chi connectivity index (χ1n) is 13.7. The maximum Gasteiger partial charge on any atom is 0.145 e. The lowest BCUT2D eigenvalue weighted by molar-refractivity contribution is 0.673. The minimum Gasteiger partial charge on any atom is -0.455 e. The molecule has 0 aliphatic rings. The van der Waals surface area contributed by atoms with E-state index in [1.807, 2.05) is 30.3 Å². The molecule has 0 saturated carbocycles. The number of para-hydroxylation sites is 4. The Morgan fingerprint density at radius 3 is 1.66 bits per heavy atom. The fourth-order valence-corrected chi connectivity index (χ4v) is 6.69. The van der Waals surface area contributed by atoms with Gasteiger partial charge in [0.15, 0.2) is 0 Å². The molecule has 0 amide bonds. The zero-order valence-electron chi connectivity index (χ0n) is 21.9. The van der Waals surface area contributed by atoms with Crippen molar-refractivity contribution in [2.45, 2.75) is 0 Å². The predicted octanol–water partition coefficient (Wildman–Crippen LogP) is 9.65. The summed E-state index contributed by atoms with van der Waals surface area (Å²) in [6.45, 7) is 0. The van der Waals surface area contributed by atoms with Gasteiger partial charge in [0.25, 0.3) is 0 Å². The number of furan rings is 1. The summed E-state index contributed by atoms with van der Waals surface area (Å²) in [5.74, 6) is 0. The van der Waals surface area contributed by atoms with E-state index in [0.717, 1.165) is 66.2 Å². The van der Waals surface area contributed by atoms with Crippen LogP contribution in [0, 0.1) is 11.3 Å². The molecule has 9 aromatic rings. The number of hydrogen-bond acceptors (Lipinski definition) is 2. The van der Waals surface area contributed by atoms with E-state index in [-0.39, 0.29) is 0 Å². The van der Waals surface area contributed by atoms with Crippen molar-refractivity contribution >= 4 is 65.6 Å². The average molecular weight is 524 g/mol. The van der Waals surface area contributed by atoms with Gasteiger partial charge in [0.05, 0.1) is 38.8 Å². The van der Waals surface area contributed by atoms with Crippen LogP contribution in [0.4, 0.5) is 0 Å². The normalized spacial score (nSPS) is 11.9. The van der Waals surface area contributed by atoms with Crippen LogP contribution in [0.15, 0.2) is 132 Å². The zero-order chi connectivity index (χ0) is 27.1. The number of hydrogen-bond donors (Lipinski definition) is 0. The van der Waals surface area contributed by atoms with Crippen LogP contribution in [0.25, 0.3) is 76.9 Å². The fourth-order valence-electron chi connectivity index (χ4n) is 6.69. The average Bonchev–Trinajstić information content (AvgIpc) is 3.68. The first-order chi connectivity index (χ1) is 20.3. The Kier molecular flexibility index (Phi) is 4.37. The smallest absolute Gasteiger partial charge is 0.145 e. The molecule has 41 heavy (non-hydrogen) atoms. The second-order valence-corrected chi connectivity index (χ2v) is 10.4. The summed E-state index contributed by atoms with van der Waals surface area (Å²) >= 11 is 0. The molecule has 3 aromatic heterocycles. The summed E-state index contributed by atoms with van der Waals surface area (Å²) in [7, 11) is 0. The van der Waals surface area contributed by atoms with Gasteiger partial charge in [0.2, 0.25) is 0 Å². The SMILES string of the molecule is N#Cc1c(-n2c3ccccc3c3ccccc32)cccc1-n1c2ccccc2c2c3oc4ccccc4c3ccc21. The maximum absolute atomic E-state index is 10.8. The number of nitrogens with zero attached hydrogens (tertiary/aromatic N) is 3. The zero-order valence-corrected chi connectivity index (χ0v) is 21.9. The van der Waals surface area contributed by atoms with Crippen LogP contribution in [-0.2, 0) is 0 Å². The Balaban J connectivity index is 1.42. The van der Waals surface area contributed by atoms with Gasteiger partial charge in [-0.15, -0.1) is 0 Å². The fraction of sp³-hybridized carbons (Fsp3) is 0. The molecular weight excluding hydrogens is 502 g/mol. The summed E-state index contributed by atoms with van der Waals surface area (Å²) in [4.78, 5) is 0. The first-order valence-corrected chi connectivity index (χ1v) is 13.7. The van der Waals surface area contributed by atoms with E-state index in [1.165, 1.54) is 10.8 Å². The van der Waals surface area contributed by atoms with E-state index in [0.29, 0.717) is 5.56 Å². The van der Waals surface area contributed by atoms with Gasteiger partial charge in [-0.1, -0.05) is 78.9 Å². The Hall–Kier alpha value is -5.79. The van der Waals surface area contributed by atoms with Crippen LogP contribution in [0.3, 0.4) is 0 Å². The highest BCUT2D eigenvalue weighted by Crippen LogP contribution is 2.42. The van der Waals surface area contributed by atoms with Gasteiger partial charge < -0.3 is 13.6 Å². The molecule has 0 aliphatic carbocycles. The highest BCUT2D eigenvalue weighted by Gasteiger charge is 2.22. The lowest BCUT2D eigenvalue weighted by Gasteiger charge is -2.15. The van der Waals surface area contributed by atoms with E-state index in [1.54, 1.807) is 0 Å². The van der Waals surface area contributed by atoms with Crippen molar-refractivity contribution < 1.29 is 4.42 Å². The number of aromatic nitrogens is 2. The number of benzene rings is 6. The molecule has 0 radical (unpaired) electrons. The largest absolute Gasteiger partial charge is 0.455 e. The minimum atomic E-state index is 0.617. The molecule has 4 nitrogen and oxygen atoms in total. The molecular formula is C37H21N3O. The summed E-state index contributed by atoms with van der Waals surface area (Å²) in [6.07, 6.45) is 0. The van der Waals surface area contributed by atoms with Crippen LogP contribution in [-0.4, -0.2) is 9.13 Å². The van der Waals surface area contributed by atoms with Crippen molar-refractivity contribution in [3.8, 4) is 17.4 Å². The second-order valence-electron chi connectivity index (χ2n) is 10.4. The van der Waals surface area contributed by atoms with E-state index in [9.17, 15) is 5.26 Å². The maximum atomic E-state index is 10.8. The molecule has 4 heteroatoms. The Labute approximate surface area is 234 Å². The lowest BCUT2D eigenvalue weighted by Crippen LogP contribution is -2.03. The van der Waals surface area contributed by atoms with Crippen molar-refractivity contribution in [1.29, 1.82) is 5.26 Å². The molecule has 0 unspecified atom stereocenters. The molecule has 3 heterocycles. The van der Waals surface area contributed by atoms with Crippen LogP contribution in [0.1, 0.15) is 5.56 Å². The topological polar surface area (TPSA) is 46.8 Å². The van der Waals surface area contributed by atoms with Crippen LogP contribution in [0.5, 0.6) is 0 Å². The summed E-state index contributed by atoms with van der Waals surface area (Å²) in [5.41, 5.74) is 8.26. The first kappa shape index (κ1) is 22.1. The quantitative estimate of drug-likeness (QED) is 0.226. The van der Waals surface area contributed by atoms with Gasteiger partial charge in [0.1, 0.15) is 22.8 Å². The second kappa shape index (κ2) is 8.11. The van der Waals surface area contributed by atoms with Gasteiger partial charge in [0, 0.05) is 26.9 Å². The van der Waals surface area contributed by atoms with Gasteiger partial charge in [-0.2, -0.15) is 5.26 Å². The highest BCUT2D eigenvalue weighted by atomic mass is 16.3. The van der Waals surface area contributed by atoms with E-state index >= 15 is 0 Å². The van der Waals surface area contributed by atoms with Crippen molar-refractivity contribution in [2.24, 2.45) is 0 Å². The Morgan fingerprint density at radius 1 is 0.463 bits per heavy atom. The number of rotatable bonds is 2.